The Hall–Kier alpha value is -1.60. The standard InChI is InChI=1S/C15H16.C4H11N/c1-12-7-9-14(10-8-12)11-15-6-4-3-5-13(15)2;1-3-5-4-2/h3-10H,11H2,1-2H3;5H,3-4H2,1-2H3. The highest BCUT2D eigenvalue weighted by Gasteiger charge is 1.98. The van der Waals surface area contributed by atoms with Crippen molar-refractivity contribution in [3.05, 3.63) is 70.8 Å². The van der Waals surface area contributed by atoms with E-state index in [1.165, 1.54) is 22.3 Å². The zero-order valence-electron chi connectivity index (χ0n) is 13.2. The lowest BCUT2D eigenvalue weighted by Gasteiger charge is -2.05. The zero-order valence-corrected chi connectivity index (χ0v) is 13.2. The highest BCUT2D eigenvalue weighted by atomic mass is 14.8. The van der Waals surface area contributed by atoms with Crippen molar-refractivity contribution >= 4 is 0 Å². The van der Waals surface area contributed by atoms with Crippen LogP contribution in [0.3, 0.4) is 0 Å². The van der Waals surface area contributed by atoms with Gasteiger partial charge in [-0.2, -0.15) is 0 Å². The second kappa shape index (κ2) is 9.33. The number of hydrogen-bond donors (Lipinski definition) is 1. The lowest BCUT2D eigenvalue weighted by Crippen LogP contribution is -2.09. The molecule has 0 aliphatic heterocycles. The summed E-state index contributed by atoms with van der Waals surface area (Å²) in [6.45, 7) is 10.7. The van der Waals surface area contributed by atoms with Crippen LogP contribution in [0.25, 0.3) is 0 Å². The molecule has 0 aromatic heterocycles. The van der Waals surface area contributed by atoms with Crippen LogP contribution in [0, 0.1) is 13.8 Å². The molecule has 0 saturated heterocycles. The summed E-state index contributed by atoms with van der Waals surface area (Å²) in [7, 11) is 0. The van der Waals surface area contributed by atoms with Crippen LogP contribution in [-0.2, 0) is 6.42 Å². The molecule has 0 aliphatic carbocycles. The van der Waals surface area contributed by atoms with Crippen molar-refractivity contribution < 1.29 is 0 Å². The summed E-state index contributed by atoms with van der Waals surface area (Å²) in [4.78, 5) is 0. The molecule has 0 radical (unpaired) electrons. The van der Waals surface area contributed by atoms with Gasteiger partial charge in [0, 0.05) is 0 Å². The fraction of sp³-hybridized carbons (Fsp3) is 0.368. The van der Waals surface area contributed by atoms with Gasteiger partial charge in [0.2, 0.25) is 0 Å². The van der Waals surface area contributed by atoms with E-state index in [0.717, 1.165) is 19.5 Å². The summed E-state index contributed by atoms with van der Waals surface area (Å²) < 4.78 is 0. The molecule has 0 unspecified atom stereocenters. The van der Waals surface area contributed by atoms with E-state index in [1.54, 1.807) is 0 Å². The molecule has 20 heavy (non-hydrogen) atoms. The van der Waals surface area contributed by atoms with Gasteiger partial charge in [-0.05, 0) is 50.0 Å². The molecule has 108 valence electrons. The largest absolute Gasteiger partial charge is 0.317 e. The van der Waals surface area contributed by atoms with Gasteiger partial charge in [-0.25, -0.2) is 0 Å². The van der Waals surface area contributed by atoms with Crippen LogP contribution >= 0.6 is 0 Å². The van der Waals surface area contributed by atoms with Gasteiger partial charge in [0.25, 0.3) is 0 Å². The van der Waals surface area contributed by atoms with E-state index in [0.29, 0.717) is 0 Å². The molecule has 0 amide bonds. The smallest absolute Gasteiger partial charge is 0.00231 e. The maximum atomic E-state index is 3.11. The SMILES string of the molecule is CCNCC.Cc1ccc(Cc2ccccc2C)cc1. The van der Waals surface area contributed by atoms with E-state index in [2.05, 4.69) is 81.5 Å². The van der Waals surface area contributed by atoms with Crippen LogP contribution in [-0.4, -0.2) is 13.1 Å². The first-order valence-corrected chi connectivity index (χ1v) is 7.48. The minimum atomic E-state index is 1.03. The normalized spacial score (nSPS) is 9.80. The third-order valence-corrected chi connectivity index (χ3v) is 3.28. The van der Waals surface area contributed by atoms with Crippen LogP contribution in [0.2, 0.25) is 0 Å². The van der Waals surface area contributed by atoms with E-state index in [4.69, 9.17) is 0 Å². The maximum Gasteiger partial charge on any atom is -0.00231 e. The second-order valence-electron chi connectivity index (χ2n) is 5.05. The number of benzene rings is 2. The third-order valence-electron chi connectivity index (χ3n) is 3.28. The van der Waals surface area contributed by atoms with Crippen molar-refractivity contribution in [2.45, 2.75) is 34.1 Å². The summed E-state index contributed by atoms with van der Waals surface area (Å²) in [5.41, 5.74) is 5.50. The summed E-state index contributed by atoms with van der Waals surface area (Å²) >= 11 is 0. The first-order valence-electron chi connectivity index (χ1n) is 7.48. The van der Waals surface area contributed by atoms with Crippen molar-refractivity contribution in [3.63, 3.8) is 0 Å². The molecule has 0 atom stereocenters. The summed E-state index contributed by atoms with van der Waals surface area (Å²) in [5.74, 6) is 0. The molecule has 1 nitrogen and oxygen atoms in total. The topological polar surface area (TPSA) is 12.0 Å². The van der Waals surface area contributed by atoms with E-state index in [1.807, 2.05) is 0 Å². The molecule has 2 aromatic rings. The van der Waals surface area contributed by atoms with Crippen LogP contribution in [0.4, 0.5) is 0 Å². The fourth-order valence-electron chi connectivity index (χ4n) is 1.98. The molecule has 2 rings (SSSR count). The molecule has 0 saturated carbocycles. The first kappa shape index (κ1) is 16.5. The Morgan fingerprint density at radius 1 is 0.800 bits per heavy atom. The van der Waals surface area contributed by atoms with Gasteiger partial charge in [0.1, 0.15) is 0 Å². The van der Waals surface area contributed by atoms with Crippen LogP contribution < -0.4 is 5.32 Å². The summed E-state index contributed by atoms with van der Waals surface area (Å²) in [5, 5.41) is 3.11. The first-order chi connectivity index (χ1) is 9.67. The molecule has 2 aromatic carbocycles. The molecule has 0 spiro atoms. The predicted octanol–water partition coefficient (Wildman–Crippen LogP) is 4.51. The summed E-state index contributed by atoms with van der Waals surface area (Å²) in [6.07, 6.45) is 1.03. The lowest BCUT2D eigenvalue weighted by molar-refractivity contribution is 0.762. The van der Waals surface area contributed by atoms with E-state index in [-0.39, 0.29) is 0 Å². The minimum Gasteiger partial charge on any atom is -0.317 e. The molecule has 0 fully saturated rings. The quantitative estimate of drug-likeness (QED) is 0.861. The highest BCUT2D eigenvalue weighted by Crippen LogP contribution is 2.13. The Balaban J connectivity index is 0.000000347. The third kappa shape index (κ3) is 6.03. The monoisotopic (exact) mass is 269 g/mol. The van der Waals surface area contributed by atoms with Gasteiger partial charge >= 0.3 is 0 Å². The minimum absolute atomic E-state index is 1.03. The highest BCUT2D eigenvalue weighted by molar-refractivity contribution is 5.32. The van der Waals surface area contributed by atoms with E-state index >= 15 is 0 Å². The zero-order chi connectivity index (χ0) is 14.8. The number of hydrogen-bond acceptors (Lipinski definition) is 1. The van der Waals surface area contributed by atoms with Crippen molar-refractivity contribution in [1.29, 1.82) is 0 Å². The average molecular weight is 269 g/mol. The molecular formula is C19H27N. The Labute approximate surface area is 124 Å². The molecular weight excluding hydrogens is 242 g/mol. The van der Waals surface area contributed by atoms with Gasteiger partial charge in [-0.15, -0.1) is 0 Å². The number of rotatable bonds is 4. The molecule has 0 aliphatic rings. The maximum absolute atomic E-state index is 3.11. The predicted molar refractivity (Wildman–Crippen MR) is 89.4 cm³/mol. The van der Waals surface area contributed by atoms with Crippen molar-refractivity contribution in [3.8, 4) is 0 Å². The van der Waals surface area contributed by atoms with Crippen molar-refractivity contribution in [1.82, 2.24) is 5.32 Å². The Morgan fingerprint density at radius 2 is 1.40 bits per heavy atom. The Morgan fingerprint density at radius 3 is 1.90 bits per heavy atom. The molecule has 1 heteroatoms. The molecule has 1 N–H and O–H groups in total. The van der Waals surface area contributed by atoms with E-state index in [9.17, 15) is 0 Å². The molecule has 0 heterocycles. The lowest BCUT2D eigenvalue weighted by atomic mass is 10.0. The Kier molecular flexibility index (Phi) is 7.67. The number of aryl methyl sites for hydroxylation is 2. The average Bonchev–Trinajstić information content (AvgIpc) is 2.45. The van der Waals surface area contributed by atoms with Crippen LogP contribution in [0.15, 0.2) is 48.5 Å². The van der Waals surface area contributed by atoms with Gasteiger partial charge in [-0.3, -0.25) is 0 Å². The van der Waals surface area contributed by atoms with Crippen molar-refractivity contribution in [2.75, 3.05) is 13.1 Å². The van der Waals surface area contributed by atoms with Crippen LogP contribution in [0.5, 0.6) is 0 Å². The van der Waals surface area contributed by atoms with Gasteiger partial charge < -0.3 is 5.32 Å². The van der Waals surface area contributed by atoms with Gasteiger partial charge in [0.15, 0.2) is 0 Å². The summed E-state index contributed by atoms with van der Waals surface area (Å²) in [6, 6.07) is 17.3. The Bertz CT molecular complexity index is 483. The molecule has 0 bridgehead atoms. The second-order valence-corrected chi connectivity index (χ2v) is 5.05. The van der Waals surface area contributed by atoms with Crippen LogP contribution in [0.1, 0.15) is 36.1 Å². The van der Waals surface area contributed by atoms with E-state index < -0.39 is 0 Å². The number of nitrogens with one attached hydrogen (secondary N) is 1. The fourth-order valence-corrected chi connectivity index (χ4v) is 1.98. The van der Waals surface area contributed by atoms with Gasteiger partial charge in [-0.1, -0.05) is 67.9 Å². The van der Waals surface area contributed by atoms with Gasteiger partial charge in [0.05, 0.1) is 0 Å². The van der Waals surface area contributed by atoms with Crippen molar-refractivity contribution in [2.24, 2.45) is 0 Å².